The zero-order chi connectivity index (χ0) is 16.2. The van der Waals surface area contributed by atoms with Crippen molar-refractivity contribution >= 4 is 16.1 Å². The first-order valence-corrected chi connectivity index (χ1v) is 8.55. The summed E-state index contributed by atoms with van der Waals surface area (Å²) >= 11 is 0. The summed E-state index contributed by atoms with van der Waals surface area (Å²) in [6.45, 7) is 2.66. The molecule has 1 aromatic carbocycles. The second-order valence-electron chi connectivity index (χ2n) is 5.53. The average molecular weight is 328 g/mol. The molecule has 122 valence electrons. The quantitative estimate of drug-likeness (QED) is 0.549. The van der Waals surface area contributed by atoms with Gasteiger partial charge < -0.3 is 9.84 Å². The number of ether oxygens (including phenoxy) is 1. The van der Waals surface area contributed by atoms with Gasteiger partial charge in [-0.2, -0.15) is 8.42 Å². The van der Waals surface area contributed by atoms with Crippen molar-refractivity contribution in [3.05, 3.63) is 29.8 Å². The van der Waals surface area contributed by atoms with Gasteiger partial charge >= 0.3 is 5.97 Å². The van der Waals surface area contributed by atoms with Crippen LogP contribution in [0.1, 0.15) is 18.4 Å². The molecule has 1 N–H and O–H groups in total. The van der Waals surface area contributed by atoms with Crippen LogP contribution in [0.4, 0.5) is 0 Å². The Hall–Kier alpha value is -1.44. The first kappa shape index (κ1) is 16.9. The van der Waals surface area contributed by atoms with E-state index in [-0.39, 0.29) is 36.4 Å². The first-order chi connectivity index (χ1) is 10.4. The van der Waals surface area contributed by atoms with Crippen LogP contribution < -0.4 is 0 Å². The lowest BCUT2D eigenvalue weighted by atomic mass is 10.2. The highest BCUT2D eigenvalue weighted by atomic mass is 32.2. The maximum absolute atomic E-state index is 12.0. The van der Waals surface area contributed by atoms with E-state index in [1.165, 1.54) is 12.1 Å². The van der Waals surface area contributed by atoms with Crippen molar-refractivity contribution in [2.75, 3.05) is 19.8 Å². The Bertz CT molecular complexity index is 607. The molecule has 6 nitrogen and oxygen atoms in total. The highest BCUT2D eigenvalue weighted by Crippen LogP contribution is 2.39. The van der Waals surface area contributed by atoms with Gasteiger partial charge in [0.2, 0.25) is 0 Å². The fourth-order valence-electron chi connectivity index (χ4n) is 2.06. The van der Waals surface area contributed by atoms with E-state index in [1.54, 1.807) is 12.1 Å². The number of hydrogen-bond donors (Lipinski definition) is 1. The molecule has 22 heavy (non-hydrogen) atoms. The van der Waals surface area contributed by atoms with E-state index in [0.717, 1.165) is 12.0 Å². The largest absolute Gasteiger partial charge is 0.481 e. The van der Waals surface area contributed by atoms with Crippen LogP contribution >= 0.6 is 0 Å². The minimum absolute atomic E-state index is 0.0182. The monoisotopic (exact) mass is 328 g/mol. The molecule has 0 saturated heterocycles. The van der Waals surface area contributed by atoms with Gasteiger partial charge in [-0.1, -0.05) is 17.7 Å². The number of aliphatic carboxylic acids is 1. The normalized spacial score (nSPS) is 20.8. The standard InChI is InChI=1S/C15H20O6S/c1-11-2-4-14(5-3-11)22(18,19)21-10-13-8-12(13)9-20-7-6-15(16)17/h2-5,12-13H,6-10H2,1H3,(H,16,17)/t12-,13+/m0/s1. The Balaban J connectivity index is 1.70. The SMILES string of the molecule is Cc1ccc(S(=O)(=O)OC[C@H]2C[C@H]2COCCC(=O)O)cc1. The van der Waals surface area contributed by atoms with Gasteiger partial charge in [0.25, 0.3) is 10.1 Å². The molecule has 0 radical (unpaired) electrons. The smallest absolute Gasteiger partial charge is 0.305 e. The molecule has 0 amide bonds. The third-order valence-electron chi connectivity index (χ3n) is 3.61. The summed E-state index contributed by atoms with van der Waals surface area (Å²) in [7, 11) is -3.71. The fourth-order valence-corrected chi connectivity index (χ4v) is 3.02. The predicted molar refractivity (Wildman–Crippen MR) is 79.0 cm³/mol. The lowest BCUT2D eigenvalue weighted by Crippen LogP contribution is -2.10. The van der Waals surface area contributed by atoms with Gasteiger partial charge in [-0.05, 0) is 37.3 Å². The molecule has 0 heterocycles. The van der Waals surface area contributed by atoms with Crippen molar-refractivity contribution in [3.8, 4) is 0 Å². The van der Waals surface area contributed by atoms with Crippen molar-refractivity contribution < 1.29 is 27.2 Å². The Morgan fingerprint density at radius 3 is 2.50 bits per heavy atom. The van der Waals surface area contributed by atoms with Crippen molar-refractivity contribution in [3.63, 3.8) is 0 Å². The molecule has 0 unspecified atom stereocenters. The van der Waals surface area contributed by atoms with Crippen LogP contribution in [0.5, 0.6) is 0 Å². The molecule has 1 fully saturated rings. The van der Waals surface area contributed by atoms with Crippen molar-refractivity contribution in [2.45, 2.75) is 24.7 Å². The molecule has 7 heteroatoms. The lowest BCUT2D eigenvalue weighted by molar-refractivity contribution is -0.138. The number of benzene rings is 1. The number of aryl methyl sites for hydroxylation is 1. The summed E-state index contributed by atoms with van der Waals surface area (Å²) in [6.07, 6.45) is 0.826. The second kappa shape index (κ2) is 7.21. The predicted octanol–water partition coefficient (Wildman–Crippen LogP) is 1.83. The summed E-state index contributed by atoms with van der Waals surface area (Å²) in [5, 5.41) is 8.48. The summed E-state index contributed by atoms with van der Waals surface area (Å²) in [6, 6.07) is 6.52. The molecule has 1 saturated carbocycles. The Labute approximate surface area is 130 Å². The van der Waals surface area contributed by atoms with Crippen molar-refractivity contribution in [1.29, 1.82) is 0 Å². The van der Waals surface area contributed by atoms with Crippen LogP contribution in [0.15, 0.2) is 29.2 Å². The second-order valence-corrected chi connectivity index (χ2v) is 7.14. The van der Waals surface area contributed by atoms with Crippen LogP contribution in [0.25, 0.3) is 0 Å². The summed E-state index contributed by atoms with van der Waals surface area (Å²) in [5.74, 6) is -0.480. The number of rotatable bonds is 9. The van der Waals surface area contributed by atoms with Crippen LogP contribution in [-0.2, 0) is 23.8 Å². The molecule has 1 aromatic rings. The molecule has 2 rings (SSSR count). The number of carboxylic acids is 1. The first-order valence-electron chi connectivity index (χ1n) is 7.14. The zero-order valence-corrected chi connectivity index (χ0v) is 13.2. The van der Waals surface area contributed by atoms with Gasteiger partial charge in [0.15, 0.2) is 0 Å². The molecular formula is C15H20O6S. The van der Waals surface area contributed by atoms with E-state index in [9.17, 15) is 13.2 Å². The molecule has 0 bridgehead atoms. The van der Waals surface area contributed by atoms with Gasteiger partial charge in [-0.15, -0.1) is 0 Å². The van der Waals surface area contributed by atoms with Crippen LogP contribution in [0, 0.1) is 18.8 Å². The fraction of sp³-hybridized carbons (Fsp3) is 0.533. The maximum atomic E-state index is 12.0. The Morgan fingerprint density at radius 1 is 1.23 bits per heavy atom. The van der Waals surface area contributed by atoms with Crippen LogP contribution in [-0.4, -0.2) is 39.3 Å². The highest BCUT2D eigenvalue weighted by molar-refractivity contribution is 7.86. The van der Waals surface area contributed by atoms with Gasteiger partial charge in [-0.3, -0.25) is 8.98 Å². The van der Waals surface area contributed by atoms with E-state index in [0.29, 0.717) is 6.61 Å². The topological polar surface area (TPSA) is 89.9 Å². The van der Waals surface area contributed by atoms with Crippen molar-refractivity contribution in [2.24, 2.45) is 11.8 Å². The van der Waals surface area contributed by atoms with Crippen LogP contribution in [0.2, 0.25) is 0 Å². The molecule has 1 aliphatic carbocycles. The third kappa shape index (κ3) is 5.08. The van der Waals surface area contributed by atoms with E-state index in [1.807, 2.05) is 6.92 Å². The average Bonchev–Trinajstić information content (AvgIpc) is 3.20. The summed E-state index contributed by atoms with van der Waals surface area (Å²) in [4.78, 5) is 10.5. The van der Waals surface area contributed by atoms with Gasteiger partial charge in [0.1, 0.15) is 0 Å². The Morgan fingerprint density at radius 2 is 1.86 bits per heavy atom. The maximum Gasteiger partial charge on any atom is 0.305 e. The minimum atomic E-state index is -3.71. The molecular weight excluding hydrogens is 308 g/mol. The highest BCUT2D eigenvalue weighted by Gasteiger charge is 2.38. The third-order valence-corrected chi connectivity index (χ3v) is 4.90. The summed E-state index contributed by atoms with van der Waals surface area (Å²) < 4.78 is 34.3. The van der Waals surface area contributed by atoms with Crippen molar-refractivity contribution in [1.82, 2.24) is 0 Å². The minimum Gasteiger partial charge on any atom is -0.481 e. The molecule has 1 aliphatic rings. The number of carbonyl (C=O) groups is 1. The lowest BCUT2D eigenvalue weighted by Gasteiger charge is -2.06. The summed E-state index contributed by atoms with van der Waals surface area (Å²) in [5.41, 5.74) is 0.986. The van der Waals surface area contributed by atoms with Gasteiger partial charge in [-0.25, -0.2) is 0 Å². The van der Waals surface area contributed by atoms with Gasteiger partial charge in [0.05, 0.1) is 24.5 Å². The molecule has 2 atom stereocenters. The van der Waals surface area contributed by atoms with Crippen LogP contribution in [0.3, 0.4) is 0 Å². The number of hydrogen-bond acceptors (Lipinski definition) is 5. The number of carboxylic acid groups (broad SMARTS) is 1. The van der Waals surface area contributed by atoms with E-state index >= 15 is 0 Å². The Kier molecular flexibility index (Phi) is 5.55. The van der Waals surface area contributed by atoms with Gasteiger partial charge in [0, 0.05) is 6.61 Å². The van der Waals surface area contributed by atoms with E-state index in [4.69, 9.17) is 14.0 Å². The zero-order valence-electron chi connectivity index (χ0n) is 12.4. The molecule has 0 aliphatic heterocycles. The van der Waals surface area contributed by atoms with E-state index < -0.39 is 16.1 Å². The van der Waals surface area contributed by atoms with E-state index in [2.05, 4.69) is 0 Å². The molecule has 0 aromatic heterocycles. The molecule has 0 spiro atoms.